The molecule has 0 amide bonds. The first kappa shape index (κ1) is 28.3. The summed E-state index contributed by atoms with van der Waals surface area (Å²) in [7, 11) is -1.33. The predicted octanol–water partition coefficient (Wildman–Crippen LogP) is 3.56. The van der Waals surface area contributed by atoms with Crippen LogP contribution >= 0.6 is 34.2 Å². The topological polar surface area (TPSA) is 133 Å². The van der Waals surface area contributed by atoms with Crippen molar-refractivity contribution < 1.29 is 17.5 Å². The highest BCUT2D eigenvalue weighted by Crippen LogP contribution is 2.39. The van der Waals surface area contributed by atoms with Gasteiger partial charge in [0, 0.05) is 23.7 Å². The van der Waals surface area contributed by atoms with Crippen molar-refractivity contribution in [1.29, 1.82) is 0 Å². The third-order valence-corrected chi connectivity index (χ3v) is 8.61. The average molecular weight is 702 g/mol. The van der Waals surface area contributed by atoms with Gasteiger partial charge in [-0.25, -0.2) is 18.5 Å². The maximum absolute atomic E-state index is 15.3. The van der Waals surface area contributed by atoms with Crippen LogP contribution in [0.4, 0.5) is 10.1 Å². The van der Waals surface area contributed by atoms with E-state index in [4.69, 9.17) is 16.3 Å². The first-order valence-electron chi connectivity index (χ1n) is 11.9. The van der Waals surface area contributed by atoms with Crippen molar-refractivity contribution in [3.63, 3.8) is 0 Å². The lowest BCUT2D eigenvalue weighted by Gasteiger charge is -2.20. The van der Waals surface area contributed by atoms with Crippen molar-refractivity contribution in [2.45, 2.75) is 25.8 Å². The van der Waals surface area contributed by atoms with Gasteiger partial charge in [0.1, 0.15) is 27.6 Å². The molecule has 4 aromatic rings. The van der Waals surface area contributed by atoms with Crippen molar-refractivity contribution in [2.75, 3.05) is 11.8 Å². The Labute approximate surface area is 245 Å². The van der Waals surface area contributed by atoms with Gasteiger partial charge < -0.3 is 4.74 Å². The minimum atomic E-state index is -3.92. The summed E-state index contributed by atoms with van der Waals surface area (Å²) in [6.45, 7) is 1.44. The molecule has 0 saturated heterocycles. The quantitative estimate of drug-likeness (QED) is 0.283. The van der Waals surface area contributed by atoms with Crippen LogP contribution in [0.1, 0.15) is 24.4 Å². The highest BCUT2D eigenvalue weighted by molar-refractivity contribution is 14.1. The Kier molecular flexibility index (Phi) is 7.31. The molecule has 0 bridgehead atoms. The van der Waals surface area contributed by atoms with Gasteiger partial charge in [0.25, 0.3) is 21.3 Å². The second-order valence-corrected chi connectivity index (χ2v) is 12.4. The van der Waals surface area contributed by atoms with Crippen LogP contribution in [-0.4, -0.2) is 29.2 Å². The molecule has 11 nitrogen and oxygen atoms in total. The van der Waals surface area contributed by atoms with E-state index in [1.165, 1.54) is 51.4 Å². The predicted molar refractivity (Wildman–Crippen MR) is 158 cm³/mol. The number of benzene rings is 2. The molecule has 2 aromatic heterocycles. The van der Waals surface area contributed by atoms with Crippen molar-refractivity contribution in [2.24, 2.45) is 7.05 Å². The number of nitrogens with zero attached hydrogens (tertiary/aromatic N) is 3. The lowest BCUT2D eigenvalue weighted by Crippen LogP contribution is -2.42. The van der Waals surface area contributed by atoms with Crippen molar-refractivity contribution in [1.82, 2.24) is 18.4 Å². The van der Waals surface area contributed by atoms with Gasteiger partial charge in [-0.15, -0.1) is 0 Å². The second kappa shape index (κ2) is 10.3. The fraction of sp³-hybridized carbons (Fsp3) is 0.240. The van der Waals surface area contributed by atoms with Gasteiger partial charge in [-0.2, -0.15) is 8.42 Å². The minimum Gasteiger partial charge on any atom is -0.454 e. The maximum Gasteiger partial charge on any atom is 0.337 e. The summed E-state index contributed by atoms with van der Waals surface area (Å²) in [6, 6.07) is 8.14. The molecule has 2 heterocycles. The smallest absolute Gasteiger partial charge is 0.337 e. The zero-order chi connectivity index (χ0) is 29.1. The van der Waals surface area contributed by atoms with E-state index in [0.29, 0.717) is 16.4 Å². The normalized spacial score (nSPS) is 13.6. The largest absolute Gasteiger partial charge is 0.454 e. The van der Waals surface area contributed by atoms with E-state index in [1.54, 1.807) is 6.07 Å². The number of ether oxygens (including phenoxy) is 1. The van der Waals surface area contributed by atoms with Crippen LogP contribution in [0.15, 0.2) is 50.8 Å². The summed E-state index contributed by atoms with van der Waals surface area (Å²) in [5.74, 6) is -0.974. The molecule has 0 unspecified atom stereocenters. The first-order valence-corrected chi connectivity index (χ1v) is 14.8. The zero-order valence-corrected chi connectivity index (χ0v) is 25.0. The molecule has 1 fully saturated rings. The number of anilines is 1. The van der Waals surface area contributed by atoms with Gasteiger partial charge in [-0.1, -0.05) is 17.7 Å². The lowest BCUT2D eigenvalue weighted by molar-refractivity contribution is 0.480. The fourth-order valence-electron chi connectivity index (χ4n) is 4.40. The number of hydrogen-bond donors (Lipinski definition) is 2. The number of fused-ring (bicyclic) bond motifs is 1. The van der Waals surface area contributed by atoms with Crippen molar-refractivity contribution in [3.05, 3.63) is 87.6 Å². The molecular weight excluding hydrogens is 680 g/mol. The molecule has 15 heteroatoms. The van der Waals surface area contributed by atoms with Crippen LogP contribution in [0.2, 0.25) is 5.02 Å². The van der Waals surface area contributed by atoms with E-state index in [0.717, 1.165) is 13.7 Å². The van der Waals surface area contributed by atoms with Crippen LogP contribution in [0.25, 0.3) is 16.7 Å². The van der Waals surface area contributed by atoms with E-state index >= 15 is 4.39 Å². The molecule has 1 saturated carbocycles. The Bertz CT molecular complexity index is 2000. The highest BCUT2D eigenvalue weighted by Gasteiger charge is 2.32. The van der Waals surface area contributed by atoms with E-state index in [2.05, 4.69) is 9.44 Å². The van der Waals surface area contributed by atoms with Crippen molar-refractivity contribution >= 4 is 61.1 Å². The lowest BCUT2D eigenvalue weighted by atomic mass is 10.2. The Morgan fingerprint density at radius 2 is 1.82 bits per heavy atom. The number of halogens is 3. The van der Waals surface area contributed by atoms with Gasteiger partial charge in [0.05, 0.1) is 16.9 Å². The van der Waals surface area contributed by atoms with Gasteiger partial charge in [-0.05, 0) is 72.7 Å². The Morgan fingerprint density at radius 3 is 2.45 bits per heavy atom. The van der Waals surface area contributed by atoms with E-state index in [-0.39, 0.29) is 44.5 Å². The Hall–Kier alpha value is -3.21. The summed E-state index contributed by atoms with van der Waals surface area (Å²) in [4.78, 5) is 41.0. The zero-order valence-electron chi connectivity index (χ0n) is 21.3. The van der Waals surface area contributed by atoms with Gasteiger partial charge in [0.2, 0.25) is 0 Å². The molecule has 1 aliphatic rings. The maximum atomic E-state index is 15.3. The SMILES string of the molecule is CNS(=O)(=O)Nc1cccc(Oc2c(C)c(=O)n(C)c3c2c(=O)n(C2CC2)c(=O)n3-c2ccc(I)cc2F)c1Cl. The fourth-order valence-corrected chi connectivity index (χ4v) is 5.68. The summed E-state index contributed by atoms with van der Waals surface area (Å²) >= 11 is 8.40. The summed E-state index contributed by atoms with van der Waals surface area (Å²) < 4.78 is 53.5. The van der Waals surface area contributed by atoms with Crippen LogP contribution < -0.4 is 31.0 Å². The molecule has 1 aliphatic carbocycles. The van der Waals surface area contributed by atoms with Crippen molar-refractivity contribution in [3.8, 4) is 17.2 Å². The summed E-state index contributed by atoms with van der Waals surface area (Å²) in [6.07, 6.45) is 1.16. The molecule has 0 aliphatic heterocycles. The first-order chi connectivity index (χ1) is 18.9. The summed E-state index contributed by atoms with van der Waals surface area (Å²) in [5.41, 5.74) is -2.40. The molecule has 2 aromatic carbocycles. The molecule has 2 N–H and O–H groups in total. The van der Waals surface area contributed by atoms with Gasteiger partial charge in [0.15, 0.2) is 5.75 Å². The van der Waals surface area contributed by atoms with Crippen LogP contribution in [0.3, 0.4) is 0 Å². The van der Waals surface area contributed by atoms with Crippen LogP contribution in [0, 0.1) is 16.3 Å². The van der Waals surface area contributed by atoms with E-state index < -0.39 is 38.9 Å². The number of aryl methyl sites for hydroxylation is 1. The number of aromatic nitrogens is 3. The molecule has 0 radical (unpaired) electrons. The van der Waals surface area contributed by atoms with Gasteiger partial charge in [-0.3, -0.25) is 23.4 Å². The average Bonchev–Trinajstić information content (AvgIpc) is 3.73. The second-order valence-electron chi connectivity index (χ2n) is 9.17. The highest BCUT2D eigenvalue weighted by atomic mass is 127. The number of pyridine rings is 1. The molecule has 0 atom stereocenters. The van der Waals surface area contributed by atoms with Crippen LogP contribution in [0.5, 0.6) is 11.5 Å². The van der Waals surface area contributed by atoms with E-state index in [9.17, 15) is 22.8 Å². The van der Waals surface area contributed by atoms with E-state index in [1.807, 2.05) is 22.6 Å². The molecule has 0 spiro atoms. The minimum absolute atomic E-state index is 0.0208. The standard InChI is InChI=1S/C25H22ClFIN5O6S/c1-12-21(39-18-6-4-5-16(20(18)26)30-40(37,38)29-2)19-22(31(3)23(12)34)33(17-10-7-13(28)11-15(17)27)25(36)32(24(19)35)14-8-9-14/h4-7,10-11,14,29-30H,8-9H2,1-3H3. The Balaban J connectivity index is 1.86. The van der Waals surface area contributed by atoms with Gasteiger partial charge >= 0.3 is 5.69 Å². The summed E-state index contributed by atoms with van der Waals surface area (Å²) in [5, 5.41) is -0.282. The third-order valence-electron chi connectivity index (χ3n) is 6.53. The number of nitrogens with one attached hydrogen (secondary N) is 2. The molecule has 5 rings (SSSR count). The number of rotatable bonds is 7. The monoisotopic (exact) mass is 701 g/mol. The third kappa shape index (κ3) is 4.82. The Morgan fingerprint density at radius 1 is 1.12 bits per heavy atom. The molecular formula is C25H22ClFIN5O6S. The number of hydrogen-bond acceptors (Lipinski definition) is 6. The molecule has 40 heavy (non-hydrogen) atoms. The van der Waals surface area contributed by atoms with Crippen LogP contribution in [-0.2, 0) is 17.3 Å². The molecule has 210 valence electrons.